The summed E-state index contributed by atoms with van der Waals surface area (Å²) < 4.78 is 0. The number of carbonyl (C=O) groups excluding carboxylic acids is 1. The summed E-state index contributed by atoms with van der Waals surface area (Å²) in [5.41, 5.74) is 5.61. The first-order valence-electron chi connectivity index (χ1n) is 7.82. The second-order valence-electron chi connectivity index (χ2n) is 7.00. The van der Waals surface area contributed by atoms with Crippen LogP contribution in [0.25, 0.3) is 0 Å². The molecular formula is C15H26N4O. The number of guanidine groups is 1. The first-order chi connectivity index (χ1) is 9.48. The van der Waals surface area contributed by atoms with Crippen LogP contribution in [0.5, 0.6) is 0 Å². The zero-order valence-corrected chi connectivity index (χ0v) is 12.6. The smallest absolute Gasteiger partial charge is 0.231 e. The van der Waals surface area contributed by atoms with Gasteiger partial charge < -0.3 is 10.6 Å². The van der Waals surface area contributed by atoms with Gasteiger partial charge in [-0.05, 0) is 51.0 Å². The number of nitrogens with two attached hydrogens (primary N) is 1. The van der Waals surface area contributed by atoms with Crippen molar-refractivity contribution in [2.45, 2.75) is 44.6 Å². The molecule has 2 aliphatic heterocycles. The molecule has 0 aromatic carbocycles. The molecule has 0 bridgehead atoms. The van der Waals surface area contributed by atoms with E-state index in [9.17, 15) is 4.79 Å². The Morgan fingerprint density at radius 3 is 2.80 bits per heavy atom. The number of amides is 1. The Morgan fingerprint density at radius 1 is 1.40 bits per heavy atom. The minimum absolute atomic E-state index is 0.0966. The zero-order chi connectivity index (χ0) is 14.3. The van der Waals surface area contributed by atoms with Gasteiger partial charge in [0, 0.05) is 20.1 Å². The van der Waals surface area contributed by atoms with Gasteiger partial charge in [0.25, 0.3) is 0 Å². The van der Waals surface area contributed by atoms with E-state index in [1.165, 1.54) is 37.3 Å². The molecule has 1 saturated carbocycles. The van der Waals surface area contributed by atoms with Crippen molar-refractivity contribution in [1.82, 2.24) is 9.80 Å². The van der Waals surface area contributed by atoms with E-state index in [-0.39, 0.29) is 11.4 Å². The van der Waals surface area contributed by atoms with Crippen molar-refractivity contribution < 1.29 is 4.79 Å². The van der Waals surface area contributed by atoms with E-state index in [0.717, 1.165) is 18.9 Å². The number of carbonyl (C=O) groups is 1. The van der Waals surface area contributed by atoms with Gasteiger partial charge in [-0.3, -0.25) is 9.69 Å². The summed E-state index contributed by atoms with van der Waals surface area (Å²) >= 11 is 0. The third-order valence-electron chi connectivity index (χ3n) is 5.20. The zero-order valence-electron chi connectivity index (χ0n) is 12.6. The van der Waals surface area contributed by atoms with Crippen LogP contribution in [0.1, 0.15) is 39.0 Å². The van der Waals surface area contributed by atoms with Gasteiger partial charge >= 0.3 is 0 Å². The molecule has 0 spiro atoms. The molecule has 3 aliphatic rings. The summed E-state index contributed by atoms with van der Waals surface area (Å²) in [7, 11) is 1.71. The molecule has 5 heteroatoms. The number of likely N-dealkylation sites (tertiary alicyclic amines) is 1. The SMILES string of the molecule is CN1C(=O)C[C@@](C)(C2CCCN(CC3CC3)C2)N=C1N. The minimum Gasteiger partial charge on any atom is -0.369 e. The molecule has 2 atom stereocenters. The Hall–Kier alpha value is -1.10. The summed E-state index contributed by atoms with van der Waals surface area (Å²) in [4.78, 5) is 20.8. The van der Waals surface area contributed by atoms with E-state index >= 15 is 0 Å². The van der Waals surface area contributed by atoms with Crippen LogP contribution in [0.15, 0.2) is 4.99 Å². The van der Waals surface area contributed by atoms with Gasteiger partial charge in [-0.25, -0.2) is 4.99 Å². The lowest BCUT2D eigenvalue weighted by Crippen LogP contribution is -2.54. The molecule has 1 saturated heterocycles. The highest BCUT2D eigenvalue weighted by molar-refractivity contribution is 5.98. The van der Waals surface area contributed by atoms with Gasteiger partial charge in [0.1, 0.15) is 0 Å². The average molecular weight is 278 g/mol. The molecule has 2 N–H and O–H groups in total. The van der Waals surface area contributed by atoms with Gasteiger partial charge in [0.2, 0.25) is 5.91 Å². The van der Waals surface area contributed by atoms with Gasteiger partial charge in [-0.1, -0.05) is 0 Å². The van der Waals surface area contributed by atoms with Crippen molar-refractivity contribution in [3.8, 4) is 0 Å². The number of hydrogen-bond acceptors (Lipinski definition) is 4. The highest BCUT2D eigenvalue weighted by Crippen LogP contribution is 2.37. The number of hydrogen-bond donors (Lipinski definition) is 1. The van der Waals surface area contributed by atoms with Crippen molar-refractivity contribution >= 4 is 11.9 Å². The standard InChI is InChI=1S/C15H26N4O/c1-15(8-13(20)18(2)14(16)17-15)12-4-3-7-19(10-12)9-11-5-6-11/h11-12H,3-10H2,1-2H3,(H2,16,17)/t12?,15-/m0/s1. The molecule has 0 aromatic rings. The largest absolute Gasteiger partial charge is 0.369 e. The van der Waals surface area contributed by atoms with Crippen LogP contribution in [-0.4, -0.2) is 53.9 Å². The summed E-state index contributed by atoms with van der Waals surface area (Å²) in [5.74, 6) is 1.85. The summed E-state index contributed by atoms with van der Waals surface area (Å²) in [6, 6.07) is 0. The third kappa shape index (κ3) is 2.68. The maximum atomic E-state index is 12.1. The van der Waals surface area contributed by atoms with E-state index in [2.05, 4.69) is 16.8 Å². The van der Waals surface area contributed by atoms with Crippen LogP contribution >= 0.6 is 0 Å². The van der Waals surface area contributed by atoms with Crippen molar-refractivity contribution in [2.24, 2.45) is 22.6 Å². The lowest BCUT2D eigenvalue weighted by atomic mass is 9.77. The number of aliphatic imine (C=N–C) groups is 1. The van der Waals surface area contributed by atoms with Crippen LogP contribution in [-0.2, 0) is 4.79 Å². The number of piperidine rings is 1. The van der Waals surface area contributed by atoms with E-state index < -0.39 is 0 Å². The molecule has 1 amide bonds. The summed E-state index contributed by atoms with van der Waals surface area (Å²) in [6.07, 6.45) is 5.66. The van der Waals surface area contributed by atoms with E-state index in [4.69, 9.17) is 5.73 Å². The molecule has 20 heavy (non-hydrogen) atoms. The van der Waals surface area contributed by atoms with Crippen LogP contribution in [0.3, 0.4) is 0 Å². The molecule has 1 unspecified atom stereocenters. The molecule has 5 nitrogen and oxygen atoms in total. The Morgan fingerprint density at radius 2 is 2.15 bits per heavy atom. The normalized spacial score (nSPS) is 36.1. The second kappa shape index (κ2) is 5.02. The molecule has 1 aliphatic carbocycles. The Labute approximate surface area is 121 Å². The molecule has 3 rings (SSSR count). The van der Waals surface area contributed by atoms with Gasteiger partial charge in [0.15, 0.2) is 5.96 Å². The number of rotatable bonds is 3. The second-order valence-corrected chi connectivity index (χ2v) is 7.00. The Balaban J connectivity index is 1.71. The molecule has 2 fully saturated rings. The van der Waals surface area contributed by atoms with E-state index in [0.29, 0.717) is 18.3 Å². The fraction of sp³-hybridized carbons (Fsp3) is 0.867. The van der Waals surface area contributed by atoms with Crippen LogP contribution in [0.4, 0.5) is 0 Å². The Kier molecular flexibility index (Phi) is 3.48. The fourth-order valence-electron chi connectivity index (χ4n) is 3.56. The van der Waals surface area contributed by atoms with E-state index in [1.807, 2.05) is 0 Å². The lowest BCUT2D eigenvalue weighted by molar-refractivity contribution is -0.129. The third-order valence-corrected chi connectivity index (χ3v) is 5.20. The molecule has 2 heterocycles. The first kappa shape index (κ1) is 13.9. The minimum atomic E-state index is -0.310. The maximum absolute atomic E-state index is 12.1. The quantitative estimate of drug-likeness (QED) is 0.839. The summed E-state index contributed by atoms with van der Waals surface area (Å²) in [6.45, 7) is 5.62. The molecule has 0 aromatic heterocycles. The molecular weight excluding hydrogens is 252 g/mol. The van der Waals surface area contributed by atoms with Gasteiger partial charge in [0.05, 0.1) is 12.0 Å². The lowest BCUT2D eigenvalue weighted by Gasteiger charge is -2.43. The van der Waals surface area contributed by atoms with Crippen LogP contribution in [0, 0.1) is 11.8 Å². The van der Waals surface area contributed by atoms with E-state index in [1.54, 1.807) is 7.05 Å². The number of nitrogens with zero attached hydrogens (tertiary/aromatic N) is 3. The highest BCUT2D eigenvalue weighted by atomic mass is 16.2. The maximum Gasteiger partial charge on any atom is 0.231 e. The fourth-order valence-corrected chi connectivity index (χ4v) is 3.56. The van der Waals surface area contributed by atoms with Crippen molar-refractivity contribution in [3.63, 3.8) is 0 Å². The Bertz CT molecular complexity index is 432. The monoisotopic (exact) mass is 278 g/mol. The first-order valence-corrected chi connectivity index (χ1v) is 7.82. The summed E-state index contributed by atoms with van der Waals surface area (Å²) in [5, 5.41) is 0. The van der Waals surface area contributed by atoms with Crippen molar-refractivity contribution in [3.05, 3.63) is 0 Å². The topological polar surface area (TPSA) is 61.9 Å². The van der Waals surface area contributed by atoms with Crippen molar-refractivity contribution in [2.75, 3.05) is 26.7 Å². The predicted octanol–water partition coefficient (Wildman–Crippen LogP) is 1.04. The van der Waals surface area contributed by atoms with Gasteiger partial charge in [-0.15, -0.1) is 0 Å². The predicted molar refractivity (Wildman–Crippen MR) is 79.3 cm³/mol. The average Bonchev–Trinajstić information content (AvgIpc) is 3.20. The molecule has 112 valence electrons. The van der Waals surface area contributed by atoms with Crippen molar-refractivity contribution in [1.29, 1.82) is 0 Å². The highest BCUT2D eigenvalue weighted by Gasteiger charge is 2.43. The molecule has 0 radical (unpaired) electrons. The van der Waals surface area contributed by atoms with Gasteiger partial charge in [-0.2, -0.15) is 0 Å². The van der Waals surface area contributed by atoms with Crippen LogP contribution in [0.2, 0.25) is 0 Å². The van der Waals surface area contributed by atoms with Crippen LogP contribution < -0.4 is 5.73 Å².